The number of anilines is 1. The van der Waals surface area contributed by atoms with Crippen molar-refractivity contribution >= 4 is 27.7 Å². The third-order valence-electron chi connectivity index (χ3n) is 5.04. The average molecular weight is 429 g/mol. The van der Waals surface area contributed by atoms with Crippen molar-refractivity contribution in [2.24, 2.45) is 0 Å². The predicted octanol–water partition coefficient (Wildman–Crippen LogP) is 4.14. The molecule has 0 aliphatic carbocycles. The highest BCUT2D eigenvalue weighted by atomic mass is 32.2. The lowest BCUT2D eigenvalue weighted by Gasteiger charge is -2.26. The maximum atomic E-state index is 13.1. The lowest BCUT2D eigenvalue weighted by molar-refractivity contribution is -0.111. The van der Waals surface area contributed by atoms with Crippen LogP contribution in [-0.4, -0.2) is 38.8 Å². The molecule has 0 spiro atoms. The largest absolute Gasteiger partial charge is 0.495 e. The number of benzene rings is 2. The Morgan fingerprint density at radius 3 is 2.33 bits per heavy atom. The van der Waals surface area contributed by atoms with Crippen LogP contribution < -0.4 is 10.1 Å². The number of ether oxygens (including phenoxy) is 1. The first-order chi connectivity index (χ1) is 14.3. The molecule has 160 valence electrons. The summed E-state index contributed by atoms with van der Waals surface area (Å²) in [5, 5.41) is 2.84. The van der Waals surface area contributed by atoms with Gasteiger partial charge < -0.3 is 10.1 Å². The second-order valence-corrected chi connectivity index (χ2v) is 9.48. The third-order valence-corrected chi connectivity index (χ3v) is 6.96. The number of methoxy groups -OCH3 is 1. The molecule has 1 saturated heterocycles. The SMILES string of the molecule is COc1ccc(C=CC(=O)Nc2cc(C)cc(C)c2)cc1S(=O)(=O)N1CCCCC1. The van der Waals surface area contributed by atoms with E-state index in [1.807, 2.05) is 32.0 Å². The van der Waals surface area contributed by atoms with Crippen molar-refractivity contribution in [3.63, 3.8) is 0 Å². The van der Waals surface area contributed by atoms with Crippen LogP contribution in [0.2, 0.25) is 0 Å². The first kappa shape index (κ1) is 22.1. The van der Waals surface area contributed by atoms with Crippen LogP contribution in [0.5, 0.6) is 5.75 Å². The van der Waals surface area contributed by atoms with Gasteiger partial charge in [0.25, 0.3) is 0 Å². The van der Waals surface area contributed by atoms with E-state index in [0.717, 1.165) is 36.1 Å². The number of rotatable bonds is 6. The number of piperidine rings is 1. The van der Waals surface area contributed by atoms with Crippen LogP contribution in [0.15, 0.2) is 47.4 Å². The highest BCUT2D eigenvalue weighted by molar-refractivity contribution is 7.89. The summed E-state index contributed by atoms with van der Waals surface area (Å²) in [5.41, 5.74) is 3.47. The van der Waals surface area contributed by atoms with E-state index in [0.29, 0.717) is 24.4 Å². The Bertz CT molecular complexity index is 1030. The number of hydrogen-bond donors (Lipinski definition) is 1. The second-order valence-electron chi connectivity index (χ2n) is 7.57. The Morgan fingerprint density at radius 1 is 1.03 bits per heavy atom. The highest BCUT2D eigenvalue weighted by Gasteiger charge is 2.28. The molecule has 6 nitrogen and oxygen atoms in total. The van der Waals surface area contributed by atoms with Gasteiger partial charge in [-0.3, -0.25) is 4.79 Å². The zero-order valence-electron chi connectivity index (χ0n) is 17.6. The molecule has 0 unspecified atom stereocenters. The molecule has 0 atom stereocenters. The van der Waals surface area contributed by atoms with E-state index in [2.05, 4.69) is 5.32 Å². The summed E-state index contributed by atoms with van der Waals surface area (Å²) >= 11 is 0. The van der Waals surface area contributed by atoms with E-state index in [-0.39, 0.29) is 10.8 Å². The van der Waals surface area contributed by atoms with Gasteiger partial charge in [0.05, 0.1) is 7.11 Å². The topological polar surface area (TPSA) is 75.7 Å². The monoisotopic (exact) mass is 428 g/mol. The molecular weight excluding hydrogens is 400 g/mol. The molecule has 1 N–H and O–H groups in total. The highest BCUT2D eigenvalue weighted by Crippen LogP contribution is 2.30. The molecule has 0 radical (unpaired) electrons. The summed E-state index contributed by atoms with van der Waals surface area (Å²) < 4.78 is 33.0. The fourth-order valence-corrected chi connectivity index (χ4v) is 5.35. The first-order valence-corrected chi connectivity index (χ1v) is 11.5. The molecule has 2 aromatic carbocycles. The van der Waals surface area contributed by atoms with Crippen LogP contribution in [0.4, 0.5) is 5.69 Å². The molecule has 1 fully saturated rings. The first-order valence-electron chi connectivity index (χ1n) is 10.0. The minimum Gasteiger partial charge on any atom is -0.495 e. The van der Waals surface area contributed by atoms with E-state index >= 15 is 0 Å². The quantitative estimate of drug-likeness (QED) is 0.702. The zero-order valence-corrected chi connectivity index (χ0v) is 18.5. The number of nitrogens with one attached hydrogen (secondary N) is 1. The van der Waals surface area contributed by atoms with Gasteiger partial charge in [0.15, 0.2) is 0 Å². The van der Waals surface area contributed by atoms with Gasteiger partial charge >= 0.3 is 0 Å². The maximum Gasteiger partial charge on any atom is 0.248 e. The Hall–Kier alpha value is -2.64. The van der Waals surface area contributed by atoms with Gasteiger partial charge in [0, 0.05) is 24.9 Å². The predicted molar refractivity (Wildman–Crippen MR) is 119 cm³/mol. The Morgan fingerprint density at radius 2 is 1.70 bits per heavy atom. The second kappa shape index (κ2) is 9.45. The van der Waals surface area contributed by atoms with Gasteiger partial charge in [-0.2, -0.15) is 4.31 Å². The van der Waals surface area contributed by atoms with Crippen molar-refractivity contribution in [2.75, 3.05) is 25.5 Å². The van der Waals surface area contributed by atoms with Crippen molar-refractivity contribution in [3.8, 4) is 5.75 Å². The van der Waals surface area contributed by atoms with E-state index in [1.54, 1.807) is 24.3 Å². The third kappa shape index (κ3) is 5.29. The van der Waals surface area contributed by atoms with E-state index < -0.39 is 10.0 Å². The minimum absolute atomic E-state index is 0.128. The number of amides is 1. The summed E-state index contributed by atoms with van der Waals surface area (Å²) in [5.74, 6) is 0.0219. The summed E-state index contributed by atoms with van der Waals surface area (Å²) in [4.78, 5) is 12.4. The number of carbonyl (C=O) groups is 1. The van der Waals surface area contributed by atoms with E-state index in [4.69, 9.17) is 4.74 Å². The fraction of sp³-hybridized carbons (Fsp3) is 0.348. The Balaban J connectivity index is 1.81. The van der Waals surface area contributed by atoms with Crippen molar-refractivity contribution < 1.29 is 17.9 Å². The summed E-state index contributed by atoms with van der Waals surface area (Å²) in [7, 11) is -2.19. The van der Waals surface area contributed by atoms with Gasteiger partial charge in [0.2, 0.25) is 15.9 Å². The van der Waals surface area contributed by atoms with Crippen LogP contribution in [0.25, 0.3) is 6.08 Å². The number of hydrogen-bond acceptors (Lipinski definition) is 4. The maximum absolute atomic E-state index is 13.1. The lowest BCUT2D eigenvalue weighted by atomic mass is 10.1. The van der Waals surface area contributed by atoms with Crippen LogP contribution in [0.3, 0.4) is 0 Å². The molecule has 0 aromatic heterocycles. The minimum atomic E-state index is -3.65. The Kier molecular flexibility index (Phi) is 6.95. The normalized spacial score (nSPS) is 15.3. The molecule has 1 aliphatic heterocycles. The molecule has 2 aromatic rings. The summed E-state index contributed by atoms with van der Waals surface area (Å²) in [6.07, 6.45) is 5.77. The molecule has 1 amide bonds. The molecule has 30 heavy (non-hydrogen) atoms. The number of sulfonamides is 1. The standard InChI is InChI=1S/C23H28N2O4S/c1-17-13-18(2)15-20(14-17)24-23(26)10-8-19-7-9-21(29-3)22(16-19)30(27,28)25-11-5-4-6-12-25/h7-10,13-16H,4-6,11-12H2,1-3H3,(H,24,26). The molecule has 1 heterocycles. The molecule has 7 heteroatoms. The zero-order chi connectivity index (χ0) is 21.7. The number of carbonyl (C=O) groups excluding carboxylic acids is 1. The van der Waals surface area contributed by atoms with Crippen LogP contribution in [-0.2, 0) is 14.8 Å². The number of aryl methyl sites for hydroxylation is 2. The lowest BCUT2D eigenvalue weighted by Crippen LogP contribution is -2.35. The fourth-order valence-electron chi connectivity index (χ4n) is 3.65. The molecule has 0 bridgehead atoms. The van der Waals surface area contributed by atoms with Crippen molar-refractivity contribution in [1.82, 2.24) is 4.31 Å². The average Bonchev–Trinajstić information content (AvgIpc) is 2.72. The van der Waals surface area contributed by atoms with Gasteiger partial charge in [-0.05, 0) is 73.7 Å². The van der Waals surface area contributed by atoms with Crippen molar-refractivity contribution in [2.45, 2.75) is 38.0 Å². The summed E-state index contributed by atoms with van der Waals surface area (Å²) in [6.45, 7) is 4.98. The van der Waals surface area contributed by atoms with E-state index in [1.165, 1.54) is 17.5 Å². The molecule has 1 aliphatic rings. The smallest absolute Gasteiger partial charge is 0.248 e. The molecule has 3 rings (SSSR count). The van der Waals surface area contributed by atoms with Crippen molar-refractivity contribution in [1.29, 1.82) is 0 Å². The van der Waals surface area contributed by atoms with Gasteiger partial charge in [0.1, 0.15) is 10.6 Å². The number of nitrogens with zero attached hydrogens (tertiary/aromatic N) is 1. The van der Waals surface area contributed by atoms with Crippen LogP contribution in [0, 0.1) is 13.8 Å². The van der Waals surface area contributed by atoms with Gasteiger partial charge in [-0.15, -0.1) is 0 Å². The molecular formula is C23H28N2O4S. The van der Waals surface area contributed by atoms with Crippen molar-refractivity contribution in [3.05, 3.63) is 59.2 Å². The molecule has 0 saturated carbocycles. The Labute approximate surface area is 178 Å². The summed E-state index contributed by atoms with van der Waals surface area (Å²) in [6, 6.07) is 10.7. The van der Waals surface area contributed by atoms with Crippen LogP contribution >= 0.6 is 0 Å². The van der Waals surface area contributed by atoms with E-state index in [9.17, 15) is 13.2 Å². The van der Waals surface area contributed by atoms with Gasteiger partial charge in [-0.25, -0.2) is 8.42 Å². The van der Waals surface area contributed by atoms with Gasteiger partial charge in [-0.1, -0.05) is 18.6 Å². The van der Waals surface area contributed by atoms with Crippen LogP contribution in [0.1, 0.15) is 36.0 Å².